The lowest BCUT2D eigenvalue weighted by Gasteiger charge is -2.37. The molecule has 3 amide bonds. The normalized spacial score (nSPS) is 32.5. The van der Waals surface area contributed by atoms with Crippen molar-refractivity contribution in [2.75, 3.05) is 5.32 Å². The molecular formula is C26H23ClN2O3. The molecule has 5 nitrogen and oxygen atoms in total. The van der Waals surface area contributed by atoms with Crippen molar-refractivity contribution in [3.8, 4) is 0 Å². The first-order valence-electron chi connectivity index (χ1n) is 11.2. The third kappa shape index (κ3) is 3.02. The SMILES string of the molecule is O=C(Nc1cccc(Cl)c1)[C@H](Cc1ccccc1)N1C(=O)[C@@H]2[C@H]3C=C[C@@H]([C@@H]4C[C@H]34)[C@H]2C1=O. The van der Waals surface area contributed by atoms with Gasteiger partial charge < -0.3 is 5.32 Å². The molecule has 32 heavy (non-hydrogen) atoms. The molecule has 2 saturated carbocycles. The van der Waals surface area contributed by atoms with Crippen LogP contribution in [0.2, 0.25) is 5.02 Å². The number of amides is 3. The van der Waals surface area contributed by atoms with Gasteiger partial charge in [0.1, 0.15) is 6.04 Å². The Balaban J connectivity index is 1.33. The third-order valence-corrected chi connectivity index (χ3v) is 7.91. The van der Waals surface area contributed by atoms with Crippen LogP contribution in [0, 0.1) is 35.5 Å². The molecule has 0 spiro atoms. The van der Waals surface area contributed by atoms with Crippen LogP contribution in [0.25, 0.3) is 0 Å². The molecule has 0 aromatic heterocycles. The molecule has 162 valence electrons. The zero-order valence-electron chi connectivity index (χ0n) is 17.4. The van der Waals surface area contributed by atoms with Crippen molar-refractivity contribution in [3.63, 3.8) is 0 Å². The first-order valence-corrected chi connectivity index (χ1v) is 11.6. The number of allylic oxidation sites excluding steroid dienone is 2. The van der Waals surface area contributed by atoms with Crippen molar-refractivity contribution in [1.29, 1.82) is 0 Å². The molecule has 1 saturated heterocycles. The highest BCUT2D eigenvalue weighted by atomic mass is 35.5. The molecule has 5 aliphatic rings. The quantitative estimate of drug-likeness (QED) is 0.558. The Labute approximate surface area is 191 Å². The Kier molecular flexibility index (Phi) is 4.51. The summed E-state index contributed by atoms with van der Waals surface area (Å²) >= 11 is 6.07. The topological polar surface area (TPSA) is 66.5 Å². The van der Waals surface area contributed by atoms with Crippen LogP contribution in [0.1, 0.15) is 12.0 Å². The summed E-state index contributed by atoms with van der Waals surface area (Å²) in [6.07, 6.45) is 5.68. The van der Waals surface area contributed by atoms with Crippen LogP contribution in [0.5, 0.6) is 0 Å². The molecule has 6 heteroatoms. The standard InChI is InChI=1S/C26H23ClN2O3/c27-15-7-4-8-16(12-15)28-24(30)21(11-14-5-2-1-3-6-14)29-25(31)22-17-9-10-18(20-13-19(17)20)23(22)26(29)32/h1-10,12,17-23H,11,13H2,(H,28,30)/t17-,18-,19-,20+,21-,22+,23+/m0/s1. The lowest BCUT2D eigenvalue weighted by molar-refractivity contribution is -0.146. The summed E-state index contributed by atoms with van der Waals surface area (Å²) in [6.45, 7) is 0. The second-order valence-corrected chi connectivity index (χ2v) is 9.84. The fraction of sp³-hybridized carbons (Fsp3) is 0.346. The summed E-state index contributed by atoms with van der Waals surface area (Å²) in [4.78, 5) is 42.0. The van der Waals surface area contributed by atoms with Gasteiger partial charge in [0.05, 0.1) is 11.8 Å². The number of likely N-dealkylation sites (tertiary alicyclic amines) is 1. The zero-order valence-corrected chi connectivity index (χ0v) is 18.1. The van der Waals surface area contributed by atoms with Crippen molar-refractivity contribution < 1.29 is 14.4 Å². The Hall–Kier alpha value is -2.92. The van der Waals surface area contributed by atoms with Gasteiger partial charge >= 0.3 is 0 Å². The molecule has 7 atom stereocenters. The van der Waals surface area contributed by atoms with Crippen molar-refractivity contribution in [3.05, 3.63) is 77.3 Å². The molecule has 0 radical (unpaired) electrons. The summed E-state index contributed by atoms with van der Waals surface area (Å²) in [7, 11) is 0. The number of nitrogens with zero attached hydrogens (tertiary/aromatic N) is 1. The van der Waals surface area contributed by atoms with Gasteiger partial charge in [-0.2, -0.15) is 0 Å². The van der Waals surface area contributed by atoms with Crippen molar-refractivity contribution >= 4 is 35.0 Å². The van der Waals surface area contributed by atoms with Crippen LogP contribution in [-0.4, -0.2) is 28.7 Å². The van der Waals surface area contributed by atoms with E-state index in [0.29, 0.717) is 22.5 Å². The summed E-state index contributed by atoms with van der Waals surface area (Å²) in [5, 5.41) is 3.38. The number of rotatable bonds is 5. The minimum absolute atomic E-state index is 0.129. The van der Waals surface area contributed by atoms with Gasteiger partial charge in [-0.1, -0.05) is 60.2 Å². The minimum atomic E-state index is -0.905. The second-order valence-electron chi connectivity index (χ2n) is 9.41. The first kappa shape index (κ1) is 19.7. The van der Waals surface area contributed by atoms with E-state index in [-0.39, 0.29) is 47.8 Å². The molecular weight excluding hydrogens is 424 g/mol. The highest BCUT2D eigenvalue weighted by Crippen LogP contribution is 2.65. The first-order chi connectivity index (χ1) is 15.5. The molecule has 7 rings (SSSR count). The average Bonchev–Trinajstić information content (AvgIpc) is 3.57. The van der Waals surface area contributed by atoms with E-state index >= 15 is 0 Å². The van der Waals surface area contributed by atoms with Gasteiger partial charge in [-0.05, 0) is 53.9 Å². The van der Waals surface area contributed by atoms with E-state index in [1.807, 2.05) is 30.3 Å². The maximum absolute atomic E-state index is 13.6. The number of imide groups is 1. The van der Waals surface area contributed by atoms with E-state index in [1.54, 1.807) is 24.3 Å². The van der Waals surface area contributed by atoms with Crippen LogP contribution in [-0.2, 0) is 20.8 Å². The van der Waals surface area contributed by atoms with Crippen molar-refractivity contribution in [2.24, 2.45) is 35.5 Å². The zero-order chi connectivity index (χ0) is 22.0. The number of carbonyl (C=O) groups is 3. The molecule has 1 heterocycles. The minimum Gasteiger partial charge on any atom is -0.324 e. The molecule has 2 aromatic carbocycles. The summed E-state index contributed by atoms with van der Waals surface area (Å²) < 4.78 is 0. The summed E-state index contributed by atoms with van der Waals surface area (Å²) in [5.41, 5.74) is 1.44. The molecule has 1 N–H and O–H groups in total. The maximum atomic E-state index is 13.6. The molecule has 2 aromatic rings. The molecule has 3 fully saturated rings. The van der Waals surface area contributed by atoms with Crippen LogP contribution in [0.4, 0.5) is 5.69 Å². The fourth-order valence-electron chi connectivity index (χ4n) is 6.22. The van der Waals surface area contributed by atoms with Gasteiger partial charge in [-0.15, -0.1) is 0 Å². The number of halogens is 1. The van der Waals surface area contributed by atoms with Gasteiger partial charge in [-0.25, -0.2) is 0 Å². The van der Waals surface area contributed by atoms with Crippen LogP contribution in [0.3, 0.4) is 0 Å². The maximum Gasteiger partial charge on any atom is 0.248 e. The number of benzene rings is 2. The van der Waals surface area contributed by atoms with E-state index in [2.05, 4.69) is 17.5 Å². The Morgan fingerprint density at radius 1 is 0.969 bits per heavy atom. The molecule has 0 unspecified atom stereocenters. The fourth-order valence-corrected chi connectivity index (χ4v) is 6.41. The number of carbonyl (C=O) groups excluding carboxylic acids is 3. The van der Waals surface area contributed by atoms with Crippen molar-refractivity contribution in [2.45, 2.75) is 18.9 Å². The van der Waals surface area contributed by atoms with E-state index in [1.165, 1.54) is 4.90 Å². The van der Waals surface area contributed by atoms with Crippen LogP contribution < -0.4 is 5.32 Å². The van der Waals surface area contributed by atoms with Gasteiger partial charge in [0.15, 0.2) is 0 Å². The predicted molar refractivity (Wildman–Crippen MR) is 121 cm³/mol. The third-order valence-electron chi connectivity index (χ3n) is 7.68. The number of nitrogens with one attached hydrogen (secondary N) is 1. The second kappa shape index (κ2) is 7.31. The van der Waals surface area contributed by atoms with E-state index in [4.69, 9.17) is 11.6 Å². The van der Waals surface area contributed by atoms with E-state index in [9.17, 15) is 14.4 Å². The highest BCUT2D eigenvalue weighted by Gasteiger charge is 2.67. The lowest BCUT2D eigenvalue weighted by atomic mass is 9.63. The molecule has 2 bridgehead atoms. The number of hydrogen-bond acceptors (Lipinski definition) is 3. The average molecular weight is 447 g/mol. The van der Waals surface area contributed by atoms with Crippen LogP contribution in [0.15, 0.2) is 66.7 Å². The van der Waals surface area contributed by atoms with Gasteiger partial charge in [-0.3, -0.25) is 19.3 Å². The van der Waals surface area contributed by atoms with Gasteiger partial charge in [0, 0.05) is 17.1 Å². The summed E-state index contributed by atoms with van der Waals surface area (Å²) in [6, 6.07) is 15.5. The highest BCUT2D eigenvalue weighted by molar-refractivity contribution is 6.30. The van der Waals surface area contributed by atoms with Gasteiger partial charge in [0.25, 0.3) is 0 Å². The van der Waals surface area contributed by atoms with Crippen LogP contribution >= 0.6 is 11.6 Å². The van der Waals surface area contributed by atoms with E-state index in [0.717, 1.165) is 12.0 Å². The Morgan fingerprint density at radius 3 is 2.25 bits per heavy atom. The molecule has 4 aliphatic carbocycles. The van der Waals surface area contributed by atoms with E-state index < -0.39 is 6.04 Å². The van der Waals surface area contributed by atoms with Gasteiger partial charge in [0.2, 0.25) is 17.7 Å². The number of anilines is 1. The molecule has 1 aliphatic heterocycles. The smallest absolute Gasteiger partial charge is 0.248 e. The number of hydrogen-bond donors (Lipinski definition) is 1. The Morgan fingerprint density at radius 2 is 1.62 bits per heavy atom. The monoisotopic (exact) mass is 446 g/mol. The largest absolute Gasteiger partial charge is 0.324 e. The summed E-state index contributed by atoms with van der Waals surface area (Å²) in [5.74, 6) is -0.0843. The Bertz CT molecular complexity index is 1110. The predicted octanol–water partition coefficient (Wildman–Crippen LogP) is 3.94. The lowest BCUT2D eigenvalue weighted by Crippen LogP contribution is -2.49. The van der Waals surface area contributed by atoms with Crippen molar-refractivity contribution in [1.82, 2.24) is 4.90 Å².